The van der Waals surface area contributed by atoms with Crippen LogP contribution in [0.25, 0.3) is 0 Å². The summed E-state index contributed by atoms with van der Waals surface area (Å²) in [6, 6.07) is 4.87. The molecule has 102 valence electrons. The Balaban J connectivity index is 2.04. The smallest absolute Gasteiger partial charge is 0.326 e. The van der Waals surface area contributed by atoms with E-state index in [-0.39, 0.29) is 11.7 Å². The van der Waals surface area contributed by atoms with Crippen LogP contribution in [0.3, 0.4) is 0 Å². The highest BCUT2D eigenvalue weighted by atomic mass is 16.4. The highest BCUT2D eigenvalue weighted by molar-refractivity contribution is 5.94. The molecule has 6 heteroatoms. The van der Waals surface area contributed by atoms with E-state index in [9.17, 15) is 14.7 Å². The first-order valence-electron chi connectivity index (χ1n) is 6.05. The van der Waals surface area contributed by atoms with Gasteiger partial charge in [-0.1, -0.05) is 6.07 Å². The Hall–Kier alpha value is -2.24. The first-order chi connectivity index (χ1) is 8.99. The number of phenolic OH excluding ortho intramolecular Hbond substituents is 1. The molecule has 1 aliphatic rings. The molecule has 19 heavy (non-hydrogen) atoms. The number of carbonyl (C=O) groups is 2. The van der Waals surface area contributed by atoms with Gasteiger partial charge in [-0.05, 0) is 30.9 Å². The van der Waals surface area contributed by atoms with E-state index in [0.29, 0.717) is 5.69 Å². The van der Waals surface area contributed by atoms with Gasteiger partial charge < -0.3 is 15.5 Å². The highest BCUT2D eigenvalue weighted by Gasteiger charge is 2.37. The number of benzene rings is 1. The predicted octanol–water partition coefficient (Wildman–Crippen LogP) is 1.40. The number of carbonyl (C=O) groups excluding carboxylic acids is 1. The van der Waals surface area contributed by atoms with Crippen LogP contribution in [0.1, 0.15) is 12.8 Å². The molecular weight excluding hydrogens is 248 g/mol. The summed E-state index contributed by atoms with van der Waals surface area (Å²) in [4.78, 5) is 24.3. The number of phenols is 1. The Bertz CT molecular complexity index is 499. The number of hydrogen-bond acceptors (Lipinski definition) is 3. The summed E-state index contributed by atoms with van der Waals surface area (Å²) in [6.45, 7) is 0. The van der Waals surface area contributed by atoms with Crippen molar-refractivity contribution in [1.82, 2.24) is 5.32 Å². The fourth-order valence-corrected chi connectivity index (χ4v) is 1.86. The first-order valence-corrected chi connectivity index (χ1v) is 6.05. The number of rotatable bonds is 4. The molecule has 3 N–H and O–H groups in total. The molecule has 1 atom stereocenters. The van der Waals surface area contributed by atoms with E-state index >= 15 is 0 Å². The van der Waals surface area contributed by atoms with Crippen LogP contribution in [0.5, 0.6) is 5.75 Å². The van der Waals surface area contributed by atoms with Crippen molar-refractivity contribution in [3.63, 3.8) is 0 Å². The van der Waals surface area contributed by atoms with Crippen LogP contribution in [-0.4, -0.2) is 35.3 Å². The van der Waals surface area contributed by atoms with Crippen LogP contribution in [0.15, 0.2) is 24.3 Å². The van der Waals surface area contributed by atoms with Gasteiger partial charge in [0.05, 0.1) is 0 Å². The minimum Gasteiger partial charge on any atom is -0.508 e. The number of nitrogens with zero attached hydrogens (tertiary/aromatic N) is 1. The van der Waals surface area contributed by atoms with Crippen molar-refractivity contribution in [3.8, 4) is 5.75 Å². The van der Waals surface area contributed by atoms with Crippen molar-refractivity contribution >= 4 is 17.7 Å². The Labute approximate surface area is 110 Å². The molecule has 6 nitrogen and oxygen atoms in total. The summed E-state index contributed by atoms with van der Waals surface area (Å²) in [5.74, 6) is -0.937. The molecule has 0 heterocycles. The maximum atomic E-state index is 12.0. The van der Waals surface area contributed by atoms with Gasteiger partial charge in [-0.3, -0.25) is 4.90 Å². The second kappa shape index (κ2) is 5.17. The van der Waals surface area contributed by atoms with Crippen molar-refractivity contribution in [1.29, 1.82) is 0 Å². The molecule has 0 bridgehead atoms. The van der Waals surface area contributed by atoms with E-state index < -0.39 is 18.0 Å². The van der Waals surface area contributed by atoms with E-state index in [1.54, 1.807) is 12.1 Å². The normalized spacial score (nSPS) is 15.6. The summed E-state index contributed by atoms with van der Waals surface area (Å²) in [5, 5.41) is 20.9. The molecule has 1 aromatic carbocycles. The van der Waals surface area contributed by atoms with Crippen LogP contribution in [0.2, 0.25) is 0 Å². The van der Waals surface area contributed by atoms with Crippen molar-refractivity contribution in [2.45, 2.75) is 18.9 Å². The minimum absolute atomic E-state index is 0.0269. The van der Waals surface area contributed by atoms with Gasteiger partial charge in [0.2, 0.25) is 0 Å². The van der Waals surface area contributed by atoms with Crippen LogP contribution in [-0.2, 0) is 4.79 Å². The third kappa shape index (κ3) is 3.15. The Morgan fingerprint density at radius 3 is 2.63 bits per heavy atom. The Morgan fingerprint density at radius 1 is 1.42 bits per heavy atom. The summed E-state index contributed by atoms with van der Waals surface area (Å²) in [7, 11) is 1.52. The standard InChI is InChI=1S/C13H16N2O4/c1-15(9-3-2-4-10(16)7-9)13(19)14-11(12(17)18)8-5-6-8/h2-4,7-8,11,16H,5-6H2,1H3,(H,14,19)(H,17,18). The van der Waals surface area contributed by atoms with Crippen LogP contribution < -0.4 is 10.2 Å². The summed E-state index contributed by atoms with van der Waals surface area (Å²) >= 11 is 0. The van der Waals surface area contributed by atoms with Crippen LogP contribution >= 0.6 is 0 Å². The number of hydrogen-bond donors (Lipinski definition) is 3. The lowest BCUT2D eigenvalue weighted by atomic mass is 10.2. The molecule has 1 aliphatic carbocycles. The SMILES string of the molecule is CN(C(=O)NC(C(=O)O)C1CC1)c1cccc(O)c1. The number of aromatic hydroxyl groups is 1. The van der Waals surface area contributed by atoms with Gasteiger partial charge in [0.15, 0.2) is 0 Å². The Morgan fingerprint density at radius 2 is 2.11 bits per heavy atom. The van der Waals surface area contributed by atoms with Gasteiger partial charge in [-0.25, -0.2) is 9.59 Å². The molecule has 1 unspecified atom stereocenters. The molecule has 2 rings (SSSR count). The fourth-order valence-electron chi connectivity index (χ4n) is 1.86. The zero-order chi connectivity index (χ0) is 14.0. The minimum atomic E-state index is -1.01. The molecule has 1 saturated carbocycles. The molecule has 1 aromatic rings. The van der Waals surface area contributed by atoms with Crippen molar-refractivity contribution in [2.24, 2.45) is 5.92 Å². The first kappa shape index (κ1) is 13.2. The van der Waals surface area contributed by atoms with Gasteiger partial charge in [-0.15, -0.1) is 0 Å². The lowest BCUT2D eigenvalue weighted by Gasteiger charge is -2.21. The molecule has 2 amide bonds. The number of amides is 2. The van der Waals surface area contributed by atoms with Gasteiger partial charge in [0, 0.05) is 18.8 Å². The number of carboxylic acid groups (broad SMARTS) is 1. The van der Waals surface area contributed by atoms with Gasteiger partial charge >= 0.3 is 12.0 Å². The third-order valence-electron chi connectivity index (χ3n) is 3.16. The van der Waals surface area contributed by atoms with Crippen molar-refractivity contribution in [3.05, 3.63) is 24.3 Å². The highest BCUT2D eigenvalue weighted by Crippen LogP contribution is 2.33. The number of urea groups is 1. The van der Waals surface area contributed by atoms with Gasteiger partial charge in [0.25, 0.3) is 0 Å². The average molecular weight is 264 g/mol. The van der Waals surface area contributed by atoms with E-state index in [0.717, 1.165) is 12.8 Å². The van der Waals surface area contributed by atoms with E-state index in [1.807, 2.05) is 0 Å². The van der Waals surface area contributed by atoms with Crippen molar-refractivity contribution < 1.29 is 19.8 Å². The summed E-state index contributed by atoms with van der Waals surface area (Å²) in [6.07, 6.45) is 1.65. The maximum absolute atomic E-state index is 12.0. The molecule has 0 spiro atoms. The topological polar surface area (TPSA) is 89.9 Å². The average Bonchev–Trinajstić information content (AvgIpc) is 3.18. The second-order valence-corrected chi connectivity index (χ2v) is 4.68. The number of nitrogens with one attached hydrogen (secondary N) is 1. The monoisotopic (exact) mass is 264 g/mol. The zero-order valence-electron chi connectivity index (χ0n) is 10.5. The molecule has 0 aromatic heterocycles. The second-order valence-electron chi connectivity index (χ2n) is 4.68. The summed E-state index contributed by atoms with van der Waals surface area (Å²) < 4.78 is 0. The molecule has 0 aliphatic heterocycles. The van der Waals surface area contributed by atoms with Crippen LogP contribution in [0, 0.1) is 5.92 Å². The number of aliphatic carboxylic acids is 1. The summed E-state index contributed by atoms with van der Waals surface area (Å²) in [5.41, 5.74) is 0.498. The molecule has 0 radical (unpaired) electrons. The van der Waals surface area contributed by atoms with E-state index in [4.69, 9.17) is 5.11 Å². The molecular formula is C13H16N2O4. The number of anilines is 1. The lowest BCUT2D eigenvalue weighted by molar-refractivity contribution is -0.139. The molecule has 1 fully saturated rings. The van der Waals surface area contributed by atoms with Gasteiger partial charge in [0.1, 0.15) is 11.8 Å². The third-order valence-corrected chi connectivity index (χ3v) is 3.16. The maximum Gasteiger partial charge on any atom is 0.326 e. The van der Waals surface area contributed by atoms with Crippen molar-refractivity contribution in [2.75, 3.05) is 11.9 Å². The van der Waals surface area contributed by atoms with E-state index in [2.05, 4.69) is 5.32 Å². The largest absolute Gasteiger partial charge is 0.508 e. The number of carboxylic acids is 1. The fraction of sp³-hybridized carbons (Fsp3) is 0.385. The predicted molar refractivity (Wildman–Crippen MR) is 69.2 cm³/mol. The van der Waals surface area contributed by atoms with E-state index in [1.165, 1.54) is 24.1 Å². The van der Waals surface area contributed by atoms with Crippen LogP contribution in [0.4, 0.5) is 10.5 Å². The quantitative estimate of drug-likeness (QED) is 0.766. The van der Waals surface area contributed by atoms with Gasteiger partial charge in [-0.2, -0.15) is 0 Å². The zero-order valence-corrected chi connectivity index (χ0v) is 10.5. The lowest BCUT2D eigenvalue weighted by Crippen LogP contribution is -2.47. The molecule has 0 saturated heterocycles. The Kier molecular flexibility index (Phi) is 3.59.